The van der Waals surface area contributed by atoms with Gasteiger partial charge in [0.1, 0.15) is 0 Å². The summed E-state index contributed by atoms with van der Waals surface area (Å²) in [4.78, 5) is 35.6. The molecule has 1 saturated carbocycles. The van der Waals surface area contributed by atoms with Crippen molar-refractivity contribution in [2.24, 2.45) is 5.92 Å². The van der Waals surface area contributed by atoms with Crippen LogP contribution < -0.4 is 5.32 Å². The molecule has 5 nitrogen and oxygen atoms in total. The van der Waals surface area contributed by atoms with Gasteiger partial charge in [0.05, 0.1) is 6.42 Å². The second kappa shape index (κ2) is 9.56. The fourth-order valence-corrected chi connectivity index (χ4v) is 3.12. The van der Waals surface area contributed by atoms with Crippen molar-refractivity contribution in [2.45, 2.75) is 51.5 Å². The second-order valence-corrected chi connectivity index (χ2v) is 6.96. The number of ether oxygens (including phenoxy) is 1. The highest BCUT2D eigenvalue weighted by Gasteiger charge is 2.23. The van der Waals surface area contributed by atoms with Crippen LogP contribution in [0.2, 0.25) is 5.02 Å². The minimum absolute atomic E-state index is 0.0434. The third-order valence-electron chi connectivity index (χ3n) is 4.54. The predicted octanol–water partition coefficient (Wildman–Crippen LogP) is 3.54. The van der Waals surface area contributed by atoms with Gasteiger partial charge in [0.2, 0.25) is 0 Å². The Balaban J connectivity index is 1.67. The van der Waals surface area contributed by atoms with E-state index in [1.165, 1.54) is 6.42 Å². The lowest BCUT2D eigenvalue weighted by Crippen LogP contribution is -2.42. The molecule has 0 aromatic heterocycles. The first kappa shape index (κ1) is 19.4. The van der Waals surface area contributed by atoms with E-state index in [-0.39, 0.29) is 37.2 Å². The maximum Gasteiger partial charge on any atom is 0.306 e. The van der Waals surface area contributed by atoms with Crippen LogP contribution in [0.5, 0.6) is 0 Å². The summed E-state index contributed by atoms with van der Waals surface area (Å²) in [5.41, 5.74) is 0.501. The molecule has 25 heavy (non-hydrogen) atoms. The van der Waals surface area contributed by atoms with E-state index in [4.69, 9.17) is 16.3 Å². The molecule has 0 unspecified atom stereocenters. The maximum atomic E-state index is 12.0. The normalized spacial score (nSPS) is 19.9. The average Bonchev–Trinajstić information content (AvgIpc) is 2.60. The number of halogens is 1. The van der Waals surface area contributed by atoms with E-state index in [0.717, 1.165) is 19.3 Å². The first-order valence-electron chi connectivity index (χ1n) is 8.69. The van der Waals surface area contributed by atoms with Crippen molar-refractivity contribution in [3.05, 3.63) is 34.9 Å². The number of hydrogen-bond acceptors (Lipinski definition) is 4. The van der Waals surface area contributed by atoms with E-state index in [2.05, 4.69) is 12.2 Å². The van der Waals surface area contributed by atoms with Gasteiger partial charge in [-0.05, 0) is 43.0 Å². The molecule has 2 rings (SSSR count). The number of ketones is 1. The van der Waals surface area contributed by atoms with Crippen molar-refractivity contribution in [3.63, 3.8) is 0 Å². The molecule has 0 heterocycles. The summed E-state index contributed by atoms with van der Waals surface area (Å²) in [5, 5.41) is 3.47. The molecule has 2 atom stereocenters. The molecule has 1 amide bonds. The first-order chi connectivity index (χ1) is 12.0. The fraction of sp³-hybridized carbons (Fsp3) is 0.526. The van der Waals surface area contributed by atoms with E-state index in [1.54, 1.807) is 24.3 Å². The zero-order valence-corrected chi connectivity index (χ0v) is 15.2. The molecule has 136 valence electrons. The minimum Gasteiger partial charge on any atom is -0.456 e. The Bertz CT molecular complexity index is 614. The van der Waals surface area contributed by atoms with Crippen LogP contribution in [-0.2, 0) is 14.3 Å². The van der Waals surface area contributed by atoms with E-state index in [0.29, 0.717) is 16.5 Å². The topological polar surface area (TPSA) is 72.5 Å². The van der Waals surface area contributed by atoms with Crippen molar-refractivity contribution < 1.29 is 19.1 Å². The monoisotopic (exact) mass is 365 g/mol. The van der Waals surface area contributed by atoms with Crippen LogP contribution in [0.4, 0.5) is 0 Å². The van der Waals surface area contributed by atoms with E-state index in [1.807, 2.05) is 0 Å². The van der Waals surface area contributed by atoms with Crippen LogP contribution in [0, 0.1) is 5.92 Å². The number of carbonyl (C=O) groups is 3. The third kappa shape index (κ3) is 6.50. The molecule has 1 aliphatic carbocycles. The Hall–Kier alpha value is -1.88. The number of benzene rings is 1. The maximum absolute atomic E-state index is 12.0. The number of carbonyl (C=O) groups excluding carboxylic acids is 3. The summed E-state index contributed by atoms with van der Waals surface area (Å²) in [7, 11) is 0. The summed E-state index contributed by atoms with van der Waals surface area (Å²) >= 11 is 5.77. The van der Waals surface area contributed by atoms with Gasteiger partial charge < -0.3 is 10.1 Å². The van der Waals surface area contributed by atoms with Crippen LogP contribution >= 0.6 is 11.6 Å². The lowest BCUT2D eigenvalue weighted by atomic mass is 9.86. The molecule has 1 aromatic rings. The standard InChI is InChI=1S/C19H24ClNO4/c1-13-4-2-3-5-16(13)21-18(23)12-25-19(24)11-10-17(22)14-6-8-15(20)9-7-14/h6-9,13,16H,2-5,10-12H2,1H3,(H,21,23)/t13-,16+/m0/s1. The number of hydrogen-bond donors (Lipinski definition) is 1. The zero-order chi connectivity index (χ0) is 18.2. The highest BCUT2D eigenvalue weighted by Crippen LogP contribution is 2.23. The average molecular weight is 366 g/mol. The van der Waals surface area contributed by atoms with Crippen LogP contribution in [0.1, 0.15) is 55.8 Å². The van der Waals surface area contributed by atoms with Gasteiger partial charge in [-0.1, -0.05) is 31.4 Å². The Morgan fingerprint density at radius 1 is 1.12 bits per heavy atom. The summed E-state index contributed by atoms with van der Waals surface area (Å²) in [6.45, 7) is 1.83. The largest absolute Gasteiger partial charge is 0.456 e. The van der Waals surface area contributed by atoms with Crippen LogP contribution in [0.25, 0.3) is 0 Å². The zero-order valence-electron chi connectivity index (χ0n) is 14.4. The van der Waals surface area contributed by atoms with Gasteiger partial charge in [0.25, 0.3) is 5.91 Å². The SMILES string of the molecule is C[C@H]1CCCC[C@H]1NC(=O)COC(=O)CCC(=O)c1ccc(Cl)cc1. The van der Waals surface area contributed by atoms with Crippen molar-refractivity contribution in [2.75, 3.05) is 6.61 Å². The number of esters is 1. The van der Waals surface area contributed by atoms with Crippen LogP contribution in [0.15, 0.2) is 24.3 Å². The molecule has 1 N–H and O–H groups in total. The molecule has 1 aliphatic rings. The molecule has 6 heteroatoms. The minimum atomic E-state index is -0.547. The van der Waals surface area contributed by atoms with Crippen molar-refractivity contribution in [1.29, 1.82) is 0 Å². The Kier molecular flexibility index (Phi) is 7.44. The summed E-state index contributed by atoms with van der Waals surface area (Å²) in [6, 6.07) is 6.66. The fourth-order valence-electron chi connectivity index (χ4n) is 2.99. The molecule has 1 aromatic carbocycles. The molecule has 0 radical (unpaired) electrons. The van der Waals surface area contributed by atoms with Crippen LogP contribution in [0.3, 0.4) is 0 Å². The lowest BCUT2D eigenvalue weighted by molar-refractivity contribution is -0.148. The molecule has 1 fully saturated rings. The highest BCUT2D eigenvalue weighted by atomic mass is 35.5. The summed E-state index contributed by atoms with van der Waals surface area (Å²) in [5.74, 6) is -0.537. The second-order valence-electron chi connectivity index (χ2n) is 6.53. The number of nitrogens with one attached hydrogen (secondary N) is 1. The smallest absolute Gasteiger partial charge is 0.306 e. The summed E-state index contributed by atoms with van der Waals surface area (Å²) in [6.07, 6.45) is 4.39. The highest BCUT2D eigenvalue weighted by molar-refractivity contribution is 6.30. The Labute approximate surface area is 153 Å². The van der Waals surface area contributed by atoms with Crippen molar-refractivity contribution in [1.82, 2.24) is 5.32 Å². The number of Topliss-reactive ketones (excluding diaryl/α,β-unsaturated/α-hetero) is 1. The van der Waals surface area contributed by atoms with Gasteiger partial charge in [0.15, 0.2) is 12.4 Å². The number of amides is 1. The summed E-state index contributed by atoms with van der Waals surface area (Å²) < 4.78 is 4.96. The van der Waals surface area contributed by atoms with Crippen molar-refractivity contribution in [3.8, 4) is 0 Å². The van der Waals surface area contributed by atoms with Gasteiger partial charge in [-0.3, -0.25) is 14.4 Å². The lowest BCUT2D eigenvalue weighted by Gasteiger charge is -2.29. The van der Waals surface area contributed by atoms with Gasteiger partial charge in [-0.25, -0.2) is 0 Å². The number of rotatable bonds is 7. The molecular weight excluding hydrogens is 342 g/mol. The van der Waals surface area contributed by atoms with Gasteiger partial charge in [-0.15, -0.1) is 0 Å². The Morgan fingerprint density at radius 3 is 2.48 bits per heavy atom. The quantitative estimate of drug-likeness (QED) is 0.592. The molecule has 0 aliphatic heterocycles. The van der Waals surface area contributed by atoms with E-state index >= 15 is 0 Å². The van der Waals surface area contributed by atoms with E-state index in [9.17, 15) is 14.4 Å². The molecule has 0 spiro atoms. The van der Waals surface area contributed by atoms with Crippen LogP contribution in [-0.4, -0.2) is 30.3 Å². The molecule has 0 bridgehead atoms. The molecule has 0 saturated heterocycles. The van der Waals surface area contributed by atoms with E-state index < -0.39 is 5.97 Å². The predicted molar refractivity (Wildman–Crippen MR) is 95.5 cm³/mol. The van der Waals surface area contributed by atoms with Gasteiger partial charge >= 0.3 is 5.97 Å². The van der Waals surface area contributed by atoms with Crippen molar-refractivity contribution >= 4 is 29.3 Å². The Morgan fingerprint density at radius 2 is 1.80 bits per heavy atom. The first-order valence-corrected chi connectivity index (χ1v) is 9.07. The molecular formula is C19H24ClNO4. The van der Waals surface area contributed by atoms with Gasteiger partial charge in [-0.2, -0.15) is 0 Å². The van der Waals surface area contributed by atoms with Gasteiger partial charge in [0, 0.05) is 23.0 Å². The third-order valence-corrected chi connectivity index (χ3v) is 4.80.